The van der Waals surface area contributed by atoms with E-state index in [4.69, 9.17) is 21.1 Å². The van der Waals surface area contributed by atoms with Crippen LogP contribution >= 0.6 is 11.6 Å². The van der Waals surface area contributed by atoms with Crippen LogP contribution in [-0.4, -0.2) is 58.0 Å². The highest BCUT2D eigenvalue weighted by molar-refractivity contribution is 7.92. The molecule has 0 saturated heterocycles. The number of nitrogens with zero attached hydrogens (tertiary/aromatic N) is 2. The molecule has 3 aromatic carbocycles. The van der Waals surface area contributed by atoms with Crippen molar-refractivity contribution in [3.8, 4) is 11.5 Å². The Hall–Kier alpha value is -3.76. The Balaban J connectivity index is 1.75. The van der Waals surface area contributed by atoms with Gasteiger partial charge in [-0.3, -0.25) is 13.9 Å². The molecule has 0 aliphatic heterocycles. The van der Waals surface area contributed by atoms with E-state index in [0.717, 1.165) is 41.1 Å². The quantitative estimate of drug-likeness (QED) is 0.291. The monoisotopic (exact) mass is 627 g/mol. The van der Waals surface area contributed by atoms with Gasteiger partial charge in [0.25, 0.3) is 10.0 Å². The van der Waals surface area contributed by atoms with Gasteiger partial charge in [-0.15, -0.1) is 0 Å². The Morgan fingerprint density at radius 3 is 2.23 bits per heavy atom. The second kappa shape index (κ2) is 14.1. The van der Waals surface area contributed by atoms with Crippen LogP contribution in [0, 0.1) is 6.92 Å². The predicted octanol–water partition coefficient (Wildman–Crippen LogP) is 5.34. The van der Waals surface area contributed by atoms with Crippen molar-refractivity contribution in [2.45, 2.75) is 63.1 Å². The van der Waals surface area contributed by atoms with Crippen LogP contribution < -0.4 is 19.1 Å². The molecule has 11 heteroatoms. The van der Waals surface area contributed by atoms with Crippen LogP contribution in [0.1, 0.15) is 43.7 Å². The number of hydrogen-bond acceptors (Lipinski definition) is 6. The van der Waals surface area contributed by atoms with Crippen molar-refractivity contribution in [3.05, 3.63) is 82.9 Å². The summed E-state index contributed by atoms with van der Waals surface area (Å²) in [6.45, 7) is 3.00. The zero-order valence-electron chi connectivity index (χ0n) is 24.9. The van der Waals surface area contributed by atoms with Crippen molar-refractivity contribution in [2.24, 2.45) is 0 Å². The maximum atomic E-state index is 14.2. The van der Waals surface area contributed by atoms with Gasteiger partial charge in [-0.2, -0.15) is 0 Å². The molecule has 43 heavy (non-hydrogen) atoms. The van der Waals surface area contributed by atoms with Crippen LogP contribution in [-0.2, 0) is 26.2 Å². The molecule has 0 aromatic heterocycles. The van der Waals surface area contributed by atoms with E-state index in [2.05, 4.69) is 5.32 Å². The molecule has 1 atom stereocenters. The number of halogens is 1. The number of anilines is 1. The van der Waals surface area contributed by atoms with Crippen molar-refractivity contribution < 1.29 is 27.5 Å². The summed E-state index contributed by atoms with van der Waals surface area (Å²) in [4.78, 5) is 29.0. The first-order chi connectivity index (χ1) is 20.5. The summed E-state index contributed by atoms with van der Waals surface area (Å²) < 4.78 is 40.2. The standard InChI is InChI=1S/C32H38ClN3O6S/c1-22-9-16-28(17-10-22)43(39,40)36(29-19-27(41-3)15-18-30(29)42-4)21-31(37)35(20-24-11-13-25(33)14-12-24)23(2)32(38)34-26-7-5-6-8-26/h9-19,23,26H,5-8,20-21H2,1-4H3,(H,34,38)/t23-/m1/s1. The van der Waals surface area contributed by atoms with Crippen LogP contribution in [0.25, 0.3) is 0 Å². The van der Waals surface area contributed by atoms with E-state index in [1.807, 2.05) is 6.92 Å². The fourth-order valence-electron chi connectivity index (χ4n) is 5.10. The van der Waals surface area contributed by atoms with Gasteiger partial charge >= 0.3 is 0 Å². The molecule has 1 aliphatic rings. The molecule has 9 nitrogen and oxygen atoms in total. The number of ether oxygens (including phenoxy) is 2. The number of aryl methyl sites for hydroxylation is 1. The van der Waals surface area contributed by atoms with Gasteiger partial charge in [-0.05, 0) is 68.7 Å². The van der Waals surface area contributed by atoms with Gasteiger partial charge in [-0.1, -0.05) is 54.3 Å². The summed E-state index contributed by atoms with van der Waals surface area (Å²) in [5.74, 6) is -0.235. The van der Waals surface area contributed by atoms with Crippen molar-refractivity contribution in [2.75, 3.05) is 25.1 Å². The molecular weight excluding hydrogens is 590 g/mol. The van der Waals surface area contributed by atoms with Crippen LogP contribution in [0.4, 0.5) is 5.69 Å². The molecule has 230 valence electrons. The minimum absolute atomic E-state index is 0.00653. The Bertz CT molecular complexity index is 1520. The SMILES string of the molecule is COc1ccc(OC)c(N(CC(=O)N(Cc2ccc(Cl)cc2)[C@H](C)C(=O)NC2CCCC2)S(=O)(=O)c2ccc(C)cc2)c1. The largest absolute Gasteiger partial charge is 0.497 e. The zero-order chi connectivity index (χ0) is 31.1. The van der Waals surface area contributed by atoms with Gasteiger partial charge in [0.1, 0.15) is 24.1 Å². The number of carbonyl (C=O) groups is 2. The number of sulfonamides is 1. The Morgan fingerprint density at radius 2 is 1.63 bits per heavy atom. The molecule has 3 aromatic rings. The molecule has 0 bridgehead atoms. The molecule has 1 aliphatic carbocycles. The maximum absolute atomic E-state index is 14.2. The van der Waals surface area contributed by atoms with E-state index >= 15 is 0 Å². The summed E-state index contributed by atoms with van der Waals surface area (Å²) >= 11 is 6.09. The lowest BCUT2D eigenvalue weighted by Crippen LogP contribution is -2.52. The third-order valence-corrected chi connectivity index (χ3v) is 9.70. The van der Waals surface area contributed by atoms with Crippen molar-refractivity contribution in [1.82, 2.24) is 10.2 Å². The summed E-state index contributed by atoms with van der Waals surface area (Å²) in [6.07, 6.45) is 3.87. The Morgan fingerprint density at radius 1 is 0.977 bits per heavy atom. The molecule has 1 N–H and O–H groups in total. The minimum atomic E-state index is -4.27. The van der Waals surface area contributed by atoms with Crippen LogP contribution in [0.2, 0.25) is 5.02 Å². The number of rotatable bonds is 12. The smallest absolute Gasteiger partial charge is 0.264 e. The van der Waals surface area contributed by atoms with Gasteiger partial charge in [0.2, 0.25) is 11.8 Å². The van der Waals surface area contributed by atoms with Crippen LogP contribution in [0.5, 0.6) is 11.5 Å². The van der Waals surface area contributed by atoms with Crippen LogP contribution in [0.15, 0.2) is 71.6 Å². The number of carbonyl (C=O) groups excluding carboxylic acids is 2. The molecule has 0 heterocycles. The molecule has 4 rings (SSSR count). The summed E-state index contributed by atoms with van der Waals surface area (Å²) in [6, 6.07) is 17.3. The highest BCUT2D eigenvalue weighted by Crippen LogP contribution is 2.36. The third kappa shape index (κ3) is 7.80. The van der Waals surface area contributed by atoms with E-state index in [1.165, 1.54) is 37.3 Å². The van der Waals surface area contributed by atoms with Crippen molar-refractivity contribution in [1.29, 1.82) is 0 Å². The number of amides is 2. The second-order valence-corrected chi connectivity index (χ2v) is 13.0. The number of benzene rings is 3. The number of methoxy groups -OCH3 is 2. The molecule has 1 fully saturated rings. The zero-order valence-corrected chi connectivity index (χ0v) is 26.5. The first kappa shape index (κ1) is 32.2. The van der Waals surface area contributed by atoms with Gasteiger partial charge in [-0.25, -0.2) is 8.42 Å². The fraction of sp³-hybridized carbons (Fsp3) is 0.375. The van der Waals surface area contributed by atoms with Crippen molar-refractivity contribution in [3.63, 3.8) is 0 Å². The average Bonchev–Trinajstić information content (AvgIpc) is 3.52. The fourth-order valence-corrected chi connectivity index (χ4v) is 6.65. The van der Waals surface area contributed by atoms with Crippen LogP contribution in [0.3, 0.4) is 0 Å². The summed E-state index contributed by atoms with van der Waals surface area (Å²) in [5, 5.41) is 3.60. The first-order valence-electron chi connectivity index (χ1n) is 14.2. The van der Waals surface area contributed by atoms with E-state index in [9.17, 15) is 18.0 Å². The van der Waals surface area contributed by atoms with Gasteiger partial charge in [0.05, 0.1) is 24.8 Å². The van der Waals surface area contributed by atoms with E-state index in [1.54, 1.807) is 55.5 Å². The summed E-state index contributed by atoms with van der Waals surface area (Å²) in [5.41, 5.74) is 1.76. The van der Waals surface area contributed by atoms with E-state index in [-0.39, 0.29) is 34.8 Å². The lowest BCUT2D eigenvalue weighted by molar-refractivity contribution is -0.139. The van der Waals surface area contributed by atoms with Crippen molar-refractivity contribution >= 4 is 39.1 Å². The number of hydrogen-bond donors (Lipinski definition) is 1. The summed E-state index contributed by atoms with van der Waals surface area (Å²) in [7, 11) is -1.38. The molecule has 0 spiro atoms. The van der Waals surface area contributed by atoms with Gasteiger partial charge < -0.3 is 19.7 Å². The highest BCUT2D eigenvalue weighted by atomic mass is 35.5. The normalized spacial score (nSPS) is 14.2. The highest BCUT2D eigenvalue weighted by Gasteiger charge is 2.34. The first-order valence-corrected chi connectivity index (χ1v) is 16.0. The van der Waals surface area contributed by atoms with Gasteiger partial charge in [0.15, 0.2) is 0 Å². The molecule has 1 saturated carbocycles. The predicted molar refractivity (Wildman–Crippen MR) is 167 cm³/mol. The topological polar surface area (TPSA) is 105 Å². The molecular formula is C32H38ClN3O6S. The second-order valence-electron chi connectivity index (χ2n) is 10.7. The molecule has 0 radical (unpaired) electrons. The Kier molecular flexibility index (Phi) is 10.6. The molecule has 0 unspecified atom stereocenters. The minimum Gasteiger partial charge on any atom is -0.497 e. The Labute approximate surface area is 258 Å². The number of nitrogens with one attached hydrogen (secondary N) is 1. The maximum Gasteiger partial charge on any atom is 0.264 e. The third-order valence-electron chi connectivity index (χ3n) is 7.68. The van der Waals surface area contributed by atoms with Gasteiger partial charge in [0, 0.05) is 23.7 Å². The average molecular weight is 628 g/mol. The lowest BCUT2D eigenvalue weighted by atomic mass is 10.1. The van der Waals surface area contributed by atoms with E-state index < -0.39 is 28.5 Å². The lowest BCUT2D eigenvalue weighted by Gasteiger charge is -2.33. The molecule has 2 amide bonds. The van der Waals surface area contributed by atoms with E-state index in [0.29, 0.717) is 10.8 Å².